The quantitative estimate of drug-likeness (QED) is 0.684. The zero-order valence-electron chi connectivity index (χ0n) is 12.5. The molecule has 1 rings (SSSR count). The molecule has 4 nitrogen and oxygen atoms in total. The van der Waals surface area contributed by atoms with E-state index in [9.17, 15) is 4.39 Å². The molecule has 20 heavy (non-hydrogen) atoms. The second kappa shape index (κ2) is 7.57. The van der Waals surface area contributed by atoms with Crippen molar-refractivity contribution >= 4 is 5.69 Å². The van der Waals surface area contributed by atoms with Gasteiger partial charge in [0.2, 0.25) is 0 Å². The Labute approximate surface area is 120 Å². The van der Waals surface area contributed by atoms with Crippen LogP contribution in [-0.2, 0) is 4.74 Å². The molecule has 114 valence electrons. The first-order valence-electron chi connectivity index (χ1n) is 6.84. The molecule has 0 saturated carbocycles. The molecule has 0 heterocycles. The Hall–Kier alpha value is -1.17. The van der Waals surface area contributed by atoms with E-state index in [1.165, 1.54) is 7.11 Å². The Morgan fingerprint density at radius 1 is 1.30 bits per heavy atom. The molecule has 5 heteroatoms. The van der Waals surface area contributed by atoms with Crippen molar-refractivity contribution in [2.75, 3.05) is 25.6 Å². The summed E-state index contributed by atoms with van der Waals surface area (Å²) in [5.41, 5.74) is 13.3. The average molecular weight is 283 g/mol. The third kappa shape index (κ3) is 5.45. The minimum absolute atomic E-state index is 0.179. The van der Waals surface area contributed by atoms with Crippen LogP contribution in [0.5, 0.6) is 0 Å². The van der Waals surface area contributed by atoms with Gasteiger partial charge in [-0.2, -0.15) is 0 Å². The minimum atomic E-state index is -0.642. The summed E-state index contributed by atoms with van der Waals surface area (Å²) in [4.78, 5) is 0. The molecule has 0 amide bonds. The summed E-state index contributed by atoms with van der Waals surface area (Å²) in [5.74, 6) is 0. The molecular weight excluding hydrogens is 257 g/mol. The largest absolute Gasteiger partial charge is 0.385 e. The summed E-state index contributed by atoms with van der Waals surface area (Å²) in [6, 6.07) is 7.04. The van der Waals surface area contributed by atoms with Gasteiger partial charge in [-0.15, -0.1) is 0 Å². The molecule has 0 aliphatic carbocycles. The van der Waals surface area contributed by atoms with Crippen LogP contribution in [0.15, 0.2) is 24.3 Å². The number of rotatable bonds is 8. The number of methoxy groups -OCH3 is 1. The highest BCUT2D eigenvalue weighted by Crippen LogP contribution is 2.22. The van der Waals surface area contributed by atoms with Crippen molar-refractivity contribution in [2.45, 2.75) is 38.0 Å². The number of hydrogen-bond donors (Lipinski definition) is 3. The molecule has 5 N–H and O–H groups in total. The van der Waals surface area contributed by atoms with E-state index in [1.807, 2.05) is 38.1 Å². The highest BCUT2D eigenvalue weighted by Gasteiger charge is 2.19. The molecule has 0 radical (unpaired) electrons. The lowest BCUT2D eigenvalue weighted by molar-refractivity contribution is 0.0721. The predicted molar refractivity (Wildman–Crippen MR) is 81.5 cm³/mol. The summed E-state index contributed by atoms with van der Waals surface area (Å²) >= 11 is 0. The number of halogens is 1. The van der Waals surface area contributed by atoms with Crippen LogP contribution < -0.4 is 16.8 Å². The third-order valence-corrected chi connectivity index (χ3v) is 3.16. The maximum Gasteiger partial charge on any atom is 0.107 e. The molecule has 0 spiro atoms. The molecular formula is C15H26FN3O. The Morgan fingerprint density at radius 3 is 2.35 bits per heavy atom. The van der Waals surface area contributed by atoms with Gasteiger partial charge in [-0.1, -0.05) is 12.1 Å². The number of alkyl halides is 1. The summed E-state index contributed by atoms with van der Waals surface area (Å²) < 4.78 is 17.9. The van der Waals surface area contributed by atoms with Crippen molar-refractivity contribution in [1.29, 1.82) is 0 Å². The van der Waals surface area contributed by atoms with Gasteiger partial charge in [0, 0.05) is 24.9 Å². The van der Waals surface area contributed by atoms with Crippen LogP contribution in [0.1, 0.15) is 31.9 Å². The fourth-order valence-corrected chi connectivity index (χ4v) is 1.96. The van der Waals surface area contributed by atoms with E-state index in [1.54, 1.807) is 0 Å². The number of hydrogen-bond acceptors (Lipinski definition) is 4. The molecule has 0 saturated heterocycles. The standard InChI is InChI=1S/C15H26FN3O/c1-15(2,18)8-9-19-12-6-4-11(5-7-12)14(20-3)13(17)10-16/h4-7,13-14,19H,8-10,17-18H2,1-3H3. The molecule has 1 aromatic rings. The van der Waals surface area contributed by atoms with Gasteiger partial charge in [-0.25, -0.2) is 4.39 Å². The Balaban J connectivity index is 2.59. The van der Waals surface area contributed by atoms with Gasteiger partial charge < -0.3 is 21.5 Å². The monoisotopic (exact) mass is 283 g/mol. The molecule has 0 fully saturated rings. The predicted octanol–water partition coefficient (Wildman–Crippen LogP) is 2.21. The van der Waals surface area contributed by atoms with Crippen LogP contribution in [0.2, 0.25) is 0 Å². The maximum absolute atomic E-state index is 12.6. The molecule has 0 aliphatic rings. The van der Waals surface area contributed by atoms with Crippen molar-refractivity contribution in [1.82, 2.24) is 0 Å². The summed E-state index contributed by atoms with van der Waals surface area (Å²) in [5, 5.41) is 3.30. The SMILES string of the molecule is COC(c1ccc(NCCC(C)(C)N)cc1)C(N)CF. The number of nitrogens with two attached hydrogens (primary N) is 2. The highest BCUT2D eigenvalue weighted by atomic mass is 19.1. The topological polar surface area (TPSA) is 73.3 Å². The fourth-order valence-electron chi connectivity index (χ4n) is 1.96. The number of benzene rings is 1. The van der Waals surface area contributed by atoms with E-state index < -0.39 is 18.8 Å². The van der Waals surface area contributed by atoms with Crippen molar-refractivity contribution in [3.8, 4) is 0 Å². The first kappa shape index (κ1) is 16.9. The van der Waals surface area contributed by atoms with Gasteiger partial charge in [-0.05, 0) is 38.0 Å². The molecule has 0 aromatic heterocycles. The average Bonchev–Trinajstić information content (AvgIpc) is 2.39. The van der Waals surface area contributed by atoms with Crippen molar-refractivity contribution in [2.24, 2.45) is 11.5 Å². The lowest BCUT2D eigenvalue weighted by Crippen LogP contribution is -2.34. The molecule has 2 atom stereocenters. The second-order valence-corrected chi connectivity index (χ2v) is 5.76. The third-order valence-electron chi connectivity index (χ3n) is 3.16. The number of ether oxygens (including phenoxy) is 1. The van der Waals surface area contributed by atoms with Crippen molar-refractivity contribution in [3.63, 3.8) is 0 Å². The minimum Gasteiger partial charge on any atom is -0.385 e. The van der Waals surface area contributed by atoms with Crippen molar-refractivity contribution in [3.05, 3.63) is 29.8 Å². The van der Waals surface area contributed by atoms with Crippen molar-refractivity contribution < 1.29 is 9.13 Å². The van der Waals surface area contributed by atoms with Gasteiger partial charge in [0.25, 0.3) is 0 Å². The zero-order chi connectivity index (χ0) is 15.2. The van der Waals surface area contributed by atoms with Gasteiger partial charge in [0.1, 0.15) is 6.67 Å². The first-order valence-corrected chi connectivity index (χ1v) is 6.84. The van der Waals surface area contributed by atoms with Crippen LogP contribution in [0.25, 0.3) is 0 Å². The van der Waals surface area contributed by atoms with Gasteiger partial charge in [0.15, 0.2) is 0 Å². The number of nitrogens with one attached hydrogen (secondary N) is 1. The highest BCUT2D eigenvalue weighted by molar-refractivity contribution is 5.45. The second-order valence-electron chi connectivity index (χ2n) is 5.76. The fraction of sp³-hybridized carbons (Fsp3) is 0.600. The summed E-state index contributed by atoms with van der Waals surface area (Å²) in [6.45, 7) is 4.20. The van der Waals surface area contributed by atoms with E-state index >= 15 is 0 Å². The van der Waals surface area contributed by atoms with Crippen LogP contribution in [0, 0.1) is 0 Å². The lowest BCUT2D eigenvalue weighted by Gasteiger charge is -2.21. The lowest BCUT2D eigenvalue weighted by atomic mass is 10.0. The van der Waals surface area contributed by atoms with Crippen LogP contribution in [0.3, 0.4) is 0 Å². The van der Waals surface area contributed by atoms with E-state index in [0.29, 0.717) is 0 Å². The summed E-state index contributed by atoms with van der Waals surface area (Å²) in [7, 11) is 1.54. The van der Waals surface area contributed by atoms with Gasteiger partial charge >= 0.3 is 0 Å². The smallest absolute Gasteiger partial charge is 0.107 e. The Kier molecular flexibility index (Phi) is 6.39. The maximum atomic E-state index is 12.6. The number of anilines is 1. The van der Waals surface area contributed by atoms with Gasteiger partial charge in [-0.3, -0.25) is 0 Å². The van der Waals surface area contributed by atoms with E-state index in [-0.39, 0.29) is 5.54 Å². The summed E-state index contributed by atoms with van der Waals surface area (Å²) in [6.07, 6.45) is 0.458. The molecule has 1 aromatic carbocycles. The van der Waals surface area contributed by atoms with Crippen LogP contribution in [0.4, 0.5) is 10.1 Å². The first-order chi connectivity index (χ1) is 9.37. The molecule has 0 bridgehead atoms. The normalized spacial score (nSPS) is 14.9. The van der Waals surface area contributed by atoms with Crippen LogP contribution >= 0.6 is 0 Å². The molecule has 0 aliphatic heterocycles. The van der Waals surface area contributed by atoms with E-state index in [2.05, 4.69) is 5.32 Å². The molecule has 2 unspecified atom stereocenters. The van der Waals surface area contributed by atoms with E-state index in [4.69, 9.17) is 16.2 Å². The Bertz CT molecular complexity index is 389. The van der Waals surface area contributed by atoms with Crippen LogP contribution in [-0.4, -0.2) is 31.9 Å². The zero-order valence-corrected chi connectivity index (χ0v) is 12.5. The van der Waals surface area contributed by atoms with E-state index in [0.717, 1.165) is 24.2 Å². The van der Waals surface area contributed by atoms with Gasteiger partial charge in [0.05, 0.1) is 12.1 Å². The Morgan fingerprint density at radius 2 is 1.90 bits per heavy atom.